The maximum Gasteiger partial charge on any atom is 0.236 e. The van der Waals surface area contributed by atoms with Gasteiger partial charge in [0.2, 0.25) is 5.91 Å². The SMILES string of the molecule is CC(C)CC(N)C(=O)NCCS. The number of thiol groups is 1. The predicted octanol–water partition coefficient (Wildman–Crippen LogP) is 0.406. The molecule has 0 fully saturated rings. The lowest BCUT2D eigenvalue weighted by molar-refractivity contribution is -0.122. The zero-order valence-corrected chi connectivity index (χ0v) is 8.60. The smallest absolute Gasteiger partial charge is 0.236 e. The summed E-state index contributed by atoms with van der Waals surface area (Å²) < 4.78 is 0. The molecule has 0 aliphatic rings. The second kappa shape index (κ2) is 6.31. The van der Waals surface area contributed by atoms with E-state index in [4.69, 9.17) is 5.73 Å². The van der Waals surface area contributed by atoms with E-state index >= 15 is 0 Å². The Morgan fingerprint density at radius 1 is 1.58 bits per heavy atom. The Morgan fingerprint density at radius 3 is 2.58 bits per heavy atom. The molecule has 3 nitrogen and oxygen atoms in total. The van der Waals surface area contributed by atoms with Gasteiger partial charge in [-0.1, -0.05) is 13.8 Å². The third-order valence-corrected chi connectivity index (χ3v) is 1.70. The molecule has 0 aliphatic carbocycles. The molecule has 4 heteroatoms. The third kappa shape index (κ3) is 5.43. The predicted molar refractivity (Wildman–Crippen MR) is 54.3 cm³/mol. The number of carbonyl (C=O) groups is 1. The maximum absolute atomic E-state index is 11.2. The van der Waals surface area contributed by atoms with Crippen LogP contribution in [0, 0.1) is 5.92 Å². The van der Waals surface area contributed by atoms with Crippen molar-refractivity contribution in [2.45, 2.75) is 26.3 Å². The van der Waals surface area contributed by atoms with Gasteiger partial charge in [0, 0.05) is 12.3 Å². The normalized spacial score (nSPS) is 13.1. The minimum absolute atomic E-state index is 0.0715. The van der Waals surface area contributed by atoms with Gasteiger partial charge >= 0.3 is 0 Å². The summed E-state index contributed by atoms with van der Waals surface area (Å²) in [6.07, 6.45) is 0.735. The van der Waals surface area contributed by atoms with Crippen molar-refractivity contribution in [2.24, 2.45) is 11.7 Å². The molecule has 0 bridgehead atoms. The largest absolute Gasteiger partial charge is 0.354 e. The molecule has 1 unspecified atom stereocenters. The van der Waals surface area contributed by atoms with E-state index in [0.29, 0.717) is 18.2 Å². The third-order valence-electron chi connectivity index (χ3n) is 1.47. The summed E-state index contributed by atoms with van der Waals surface area (Å²) in [7, 11) is 0. The van der Waals surface area contributed by atoms with E-state index in [0.717, 1.165) is 6.42 Å². The van der Waals surface area contributed by atoms with Gasteiger partial charge in [-0.05, 0) is 12.3 Å². The number of hydrogen-bond acceptors (Lipinski definition) is 3. The summed E-state index contributed by atoms with van der Waals surface area (Å²) in [5.74, 6) is 1.04. The van der Waals surface area contributed by atoms with E-state index in [9.17, 15) is 4.79 Å². The van der Waals surface area contributed by atoms with Gasteiger partial charge < -0.3 is 11.1 Å². The highest BCUT2D eigenvalue weighted by atomic mass is 32.1. The van der Waals surface area contributed by atoms with Crippen molar-refractivity contribution < 1.29 is 4.79 Å². The van der Waals surface area contributed by atoms with E-state index in [-0.39, 0.29) is 11.9 Å². The van der Waals surface area contributed by atoms with Crippen LogP contribution in [0.5, 0.6) is 0 Å². The number of hydrogen-bond donors (Lipinski definition) is 3. The quantitative estimate of drug-likeness (QED) is 0.550. The molecule has 1 amide bonds. The van der Waals surface area contributed by atoms with Crippen molar-refractivity contribution >= 4 is 18.5 Å². The van der Waals surface area contributed by atoms with Crippen molar-refractivity contribution in [1.29, 1.82) is 0 Å². The summed E-state index contributed by atoms with van der Waals surface area (Å²) >= 11 is 3.98. The van der Waals surface area contributed by atoms with Crippen molar-refractivity contribution in [3.05, 3.63) is 0 Å². The summed E-state index contributed by atoms with van der Waals surface area (Å²) in [6, 6.07) is -0.370. The van der Waals surface area contributed by atoms with Gasteiger partial charge in [-0.3, -0.25) is 4.79 Å². The van der Waals surface area contributed by atoms with E-state index in [1.807, 2.05) is 13.8 Å². The summed E-state index contributed by atoms with van der Waals surface area (Å²) in [5, 5.41) is 2.70. The Morgan fingerprint density at radius 2 is 2.17 bits per heavy atom. The van der Waals surface area contributed by atoms with Gasteiger partial charge in [-0.25, -0.2) is 0 Å². The van der Waals surface area contributed by atoms with Crippen LogP contribution in [0.2, 0.25) is 0 Å². The fourth-order valence-electron chi connectivity index (χ4n) is 0.925. The fourth-order valence-corrected chi connectivity index (χ4v) is 1.04. The van der Waals surface area contributed by atoms with E-state index < -0.39 is 0 Å². The van der Waals surface area contributed by atoms with Crippen molar-refractivity contribution in [3.8, 4) is 0 Å². The first-order chi connectivity index (χ1) is 5.57. The van der Waals surface area contributed by atoms with Gasteiger partial charge in [0.05, 0.1) is 6.04 Å². The Kier molecular flexibility index (Phi) is 6.20. The molecule has 0 radical (unpaired) electrons. The molecule has 12 heavy (non-hydrogen) atoms. The van der Waals surface area contributed by atoms with Crippen molar-refractivity contribution in [2.75, 3.05) is 12.3 Å². The first-order valence-corrected chi connectivity index (χ1v) is 4.85. The van der Waals surface area contributed by atoms with Gasteiger partial charge in [0.1, 0.15) is 0 Å². The topological polar surface area (TPSA) is 55.1 Å². The summed E-state index contributed by atoms with van der Waals surface area (Å²) in [4.78, 5) is 11.2. The van der Waals surface area contributed by atoms with E-state index in [2.05, 4.69) is 17.9 Å². The highest BCUT2D eigenvalue weighted by molar-refractivity contribution is 7.80. The average molecular weight is 190 g/mol. The molecule has 0 aromatic carbocycles. The second-order valence-corrected chi connectivity index (χ2v) is 3.70. The van der Waals surface area contributed by atoms with Crippen molar-refractivity contribution in [1.82, 2.24) is 5.32 Å². The molecular weight excluding hydrogens is 172 g/mol. The monoisotopic (exact) mass is 190 g/mol. The molecule has 0 rings (SSSR count). The first-order valence-electron chi connectivity index (χ1n) is 4.22. The highest BCUT2D eigenvalue weighted by Crippen LogP contribution is 2.01. The molecule has 0 saturated carbocycles. The number of rotatable bonds is 5. The highest BCUT2D eigenvalue weighted by Gasteiger charge is 2.13. The molecular formula is C8H18N2OS. The molecule has 0 aromatic heterocycles. The van der Waals surface area contributed by atoms with E-state index in [1.165, 1.54) is 0 Å². The number of amides is 1. The van der Waals surface area contributed by atoms with Crippen LogP contribution in [-0.4, -0.2) is 24.2 Å². The minimum atomic E-state index is -0.370. The molecule has 0 heterocycles. The van der Waals surface area contributed by atoms with Crippen LogP contribution in [0.4, 0.5) is 0 Å². The Bertz CT molecular complexity index is 139. The number of nitrogens with two attached hydrogens (primary N) is 1. The van der Waals surface area contributed by atoms with E-state index in [1.54, 1.807) is 0 Å². The maximum atomic E-state index is 11.2. The second-order valence-electron chi connectivity index (χ2n) is 3.25. The van der Waals surface area contributed by atoms with Gasteiger partial charge in [0.15, 0.2) is 0 Å². The first kappa shape index (κ1) is 11.8. The number of carbonyl (C=O) groups excluding carboxylic acids is 1. The molecule has 0 spiro atoms. The Labute approximate surface area is 79.5 Å². The zero-order chi connectivity index (χ0) is 9.56. The Balaban J connectivity index is 3.61. The standard InChI is InChI=1S/C8H18N2OS/c1-6(2)5-7(9)8(11)10-3-4-12/h6-7,12H,3-5,9H2,1-2H3,(H,10,11). The van der Waals surface area contributed by atoms with Gasteiger partial charge in [-0.2, -0.15) is 12.6 Å². The lowest BCUT2D eigenvalue weighted by atomic mass is 10.0. The molecule has 1 atom stereocenters. The Hall–Kier alpha value is -0.220. The van der Waals surface area contributed by atoms with Gasteiger partial charge in [-0.15, -0.1) is 0 Å². The van der Waals surface area contributed by atoms with Crippen LogP contribution >= 0.6 is 12.6 Å². The van der Waals surface area contributed by atoms with Crippen molar-refractivity contribution in [3.63, 3.8) is 0 Å². The summed E-state index contributed by atoms with van der Waals surface area (Å²) in [5.41, 5.74) is 5.62. The van der Waals surface area contributed by atoms with Crippen LogP contribution in [0.25, 0.3) is 0 Å². The van der Waals surface area contributed by atoms with Crippen LogP contribution in [-0.2, 0) is 4.79 Å². The average Bonchev–Trinajstić information content (AvgIpc) is 1.98. The fraction of sp³-hybridized carbons (Fsp3) is 0.875. The van der Waals surface area contributed by atoms with Crippen LogP contribution in [0.15, 0.2) is 0 Å². The summed E-state index contributed by atoms with van der Waals surface area (Å²) in [6.45, 7) is 4.69. The molecule has 0 saturated heterocycles. The minimum Gasteiger partial charge on any atom is -0.354 e. The zero-order valence-electron chi connectivity index (χ0n) is 7.71. The lowest BCUT2D eigenvalue weighted by Crippen LogP contribution is -2.42. The molecule has 72 valence electrons. The van der Waals surface area contributed by atoms with Crippen LogP contribution < -0.4 is 11.1 Å². The lowest BCUT2D eigenvalue weighted by Gasteiger charge is -2.13. The molecule has 0 aliphatic heterocycles. The molecule has 0 aromatic rings. The van der Waals surface area contributed by atoms with Gasteiger partial charge in [0.25, 0.3) is 0 Å². The number of nitrogens with one attached hydrogen (secondary N) is 1. The molecule has 3 N–H and O–H groups in total. The van der Waals surface area contributed by atoms with Crippen LogP contribution in [0.1, 0.15) is 20.3 Å². The van der Waals surface area contributed by atoms with Crippen LogP contribution in [0.3, 0.4) is 0 Å².